The van der Waals surface area contributed by atoms with Crippen LogP contribution in [0.25, 0.3) is 0 Å². The summed E-state index contributed by atoms with van der Waals surface area (Å²) in [5, 5.41) is 3.13. The fourth-order valence-corrected chi connectivity index (χ4v) is 1.20. The molecule has 0 amide bonds. The molecule has 1 fully saturated rings. The van der Waals surface area contributed by atoms with Gasteiger partial charge >= 0.3 is 5.97 Å². The highest BCUT2D eigenvalue weighted by atomic mass is 16.5. The van der Waals surface area contributed by atoms with Crippen molar-refractivity contribution in [2.75, 3.05) is 13.2 Å². The molecule has 1 N–H and O–H groups in total. The second kappa shape index (κ2) is 4.34. The van der Waals surface area contributed by atoms with Crippen LogP contribution < -0.4 is 5.32 Å². The third-order valence-electron chi connectivity index (χ3n) is 1.87. The van der Waals surface area contributed by atoms with Gasteiger partial charge in [0.1, 0.15) is 12.6 Å². The Balaban J connectivity index is 2.24. The molecular formula is C8H15NO2. The number of esters is 1. The summed E-state index contributed by atoms with van der Waals surface area (Å²) < 4.78 is 4.89. The van der Waals surface area contributed by atoms with Crippen LogP contribution in [0.5, 0.6) is 0 Å². The summed E-state index contributed by atoms with van der Waals surface area (Å²) >= 11 is 0. The maximum Gasteiger partial charge on any atom is 0.323 e. The first-order chi connectivity index (χ1) is 5.34. The molecule has 0 aromatic heterocycles. The normalized spacial score (nSPS) is 24.8. The Hall–Kier alpha value is -0.570. The van der Waals surface area contributed by atoms with E-state index >= 15 is 0 Å². The predicted octanol–water partition coefficient (Wildman–Crippen LogP) is 0.692. The predicted molar refractivity (Wildman–Crippen MR) is 42.3 cm³/mol. The molecule has 0 aromatic rings. The minimum atomic E-state index is -0.0790. The van der Waals surface area contributed by atoms with Crippen LogP contribution in [0.4, 0.5) is 0 Å². The van der Waals surface area contributed by atoms with Gasteiger partial charge in [-0.1, -0.05) is 19.8 Å². The van der Waals surface area contributed by atoms with Crippen molar-refractivity contribution in [2.45, 2.75) is 32.2 Å². The molecule has 1 saturated heterocycles. The number of ether oxygens (including phenoxy) is 1. The molecule has 1 rings (SSSR count). The van der Waals surface area contributed by atoms with Crippen LogP contribution in [0.15, 0.2) is 0 Å². The molecule has 1 heterocycles. The quantitative estimate of drug-likeness (QED) is 0.612. The van der Waals surface area contributed by atoms with E-state index in [9.17, 15) is 4.79 Å². The van der Waals surface area contributed by atoms with Crippen molar-refractivity contribution in [1.82, 2.24) is 5.32 Å². The molecule has 3 heteroatoms. The largest absolute Gasteiger partial charge is 0.463 e. The highest BCUT2D eigenvalue weighted by molar-refractivity contribution is 5.76. The summed E-state index contributed by atoms with van der Waals surface area (Å²) in [5.74, 6) is -0.0790. The highest BCUT2D eigenvalue weighted by Gasteiger charge is 2.21. The standard InChI is InChI=1S/C8H15NO2/c1-2-3-4-7-8(10)11-6-5-9-7/h7,9H,2-6H2,1H3/t7-/m1/s1. The van der Waals surface area contributed by atoms with E-state index in [2.05, 4.69) is 12.2 Å². The third-order valence-corrected chi connectivity index (χ3v) is 1.87. The van der Waals surface area contributed by atoms with Gasteiger partial charge in [0.05, 0.1) is 0 Å². The Morgan fingerprint density at radius 3 is 3.18 bits per heavy atom. The summed E-state index contributed by atoms with van der Waals surface area (Å²) in [6.07, 6.45) is 3.13. The number of hydrogen-bond acceptors (Lipinski definition) is 3. The molecule has 1 atom stereocenters. The van der Waals surface area contributed by atoms with Crippen LogP contribution in [0, 0.1) is 0 Å². The fraction of sp³-hybridized carbons (Fsp3) is 0.875. The van der Waals surface area contributed by atoms with Gasteiger partial charge in [0.2, 0.25) is 0 Å². The Bertz CT molecular complexity index is 136. The second-order valence-corrected chi connectivity index (χ2v) is 2.82. The van der Waals surface area contributed by atoms with E-state index in [4.69, 9.17) is 4.74 Å². The van der Waals surface area contributed by atoms with E-state index in [1.165, 1.54) is 0 Å². The zero-order valence-corrected chi connectivity index (χ0v) is 6.93. The molecule has 0 saturated carbocycles. The zero-order chi connectivity index (χ0) is 8.10. The van der Waals surface area contributed by atoms with Crippen molar-refractivity contribution < 1.29 is 9.53 Å². The molecule has 64 valence electrons. The van der Waals surface area contributed by atoms with Crippen LogP contribution >= 0.6 is 0 Å². The highest BCUT2D eigenvalue weighted by Crippen LogP contribution is 2.04. The maximum atomic E-state index is 11.0. The molecule has 0 aromatic carbocycles. The van der Waals surface area contributed by atoms with Crippen molar-refractivity contribution in [3.05, 3.63) is 0 Å². The van der Waals surface area contributed by atoms with Gasteiger partial charge in [-0.25, -0.2) is 0 Å². The molecule has 0 radical (unpaired) electrons. The summed E-state index contributed by atoms with van der Waals surface area (Å²) in [6.45, 7) is 3.45. The van der Waals surface area contributed by atoms with Crippen LogP contribution in [0.3, 0.4) is 0 Å². The minimum Gasteiger partial charge on any atom is -0.463 e. The van der Waals surface area contributed by atoms with Gasteiger partial charge in [0.25, 0.3) is 0 Å². The number of carbonyl (C=O) groups excluding carboxylic acids is 1. The summed E-state index contributed by atoms with van der Waals surface area (Å²) in [7, 11) is 0. The lowest BCUT2D eigenvalue weighted by Crippen LogP contribution is -2.45. The van der Waals surface area contributed by atoms with Crippen LogP contribution in [0.1, 0.15) is 26.2 Å². The van der Waals surface area contributed by atoms with E-state index in [-0.39, 0.29) is 12.0 Å². The number of hydrogen-bond donors (Lipinski definition) is 1. The molecule has 1 aliphatic heterocycles. The Kier molecular flexibility index (Phi) is 3.36. The second-order valence-electron chi connectivity index (χ2n) is 2.82. The van der Waals surface area contributed by atoms with Gasteiger partial charge in [-0.3, -0.25) is 4.79 Å². The molecule has 3 nitrogen and oxygen atoms in total. The monoisotopic (exact) mass is 157 g/mol. The van der Waals surface area contributed by atoms with Crippen LogP contribution in [-0.4, -0.2) is 25.2 Å². The van der Waals surface area contributed by atoms with Crippen molar-refractivity contribution >= 4 is 5.97 Å². The van der Waals surface area contributed by atoms with E-state index in [1.807, 2.05) is 0 Å². The molecular weight excluding hydrogens is 142 g/mol. The summed E-state index contributed by atoms with van der Waals surface area (Å²) in [5.41, 5.74) is 0. The fourth-order valence-electron chi connectivity index (χ4n) is 1.20. The molecule has 0 spiro atoms. The topological polar surface area (TPSA) is 38.3 Å². The van der Waals surface area contributed by atoms with E-state index in [0.29, 0.717) is 6.61 Å². The maximum absolute atomic E-state index is 11.0. The van der Waals surface area contributed by atoms with Crippen LogP contribution in [-0.2, 0) is 9.53 Å². The zero-order valence-electron chi connectivity index (χ0n) is 6.93. The van der Waals surface area contributed by atoms with E-state index in [1.54, 1.807) is 0 Å². The van der Waals surface area contributed by atoms with Gasteiger partial charge in [0, 0.05) is 6.54 Å². The van der Waals surface area contributed by atoms with Gasteiger partial charge in [-0.2, -0.15) is 0 Å². The van der Waals surface area contributed by atoms with Crippen molar-refractivity contribution in [1.29, 1.82) is 0 Å². The summed E-state index contributed by atoms with van der Waals surface area (Å²) in [4.78, 5) is 11.0. The van der Waals surface area contributed by atoms with Gasteiger partial charge in [-0.15, -0.1) is 0 Å². The molecule has 0 unspecified atom stereocenters. The Labute approximate surface area is 67.1 Å². The third kappa shape index (κ3) is 2.50. The Morgan fingerprint density at radius 2 is 2.55 bits per heavy atom. The van der Waals surface area contributed by atoms with E-state index < -0.39 is 0 Å². The van der Waals surface area contributed by atoms with Crippen molar-refractivity contribution in [3.8, 4) is 0 Å². The molecule has 0 aliphatic carbocycles. The first kappa shape index (κ1) is 8.53. The summed E-state index contributed by atoms with van der Waals surface area (Å²) in [6, 6.07) is -0.0382. The average Bonchev–Trinajstić information content (AvgIpc) is 2.03. The number of carbonyl (C=O) groups is 1. The number of cyclic esters (lactones) is 1. The first-order valence-corrected chi connectivity index (χ1v) is 4.24. The number of morpholine rings is 1. The smallest absolute Gasteiger partial charge is 0.323 e. The lowest BCUT2D eigenvalue weighted by atomic mass is 10.1. The Morgan fingerprint density at radius 1 is 1.73 bits per heavy atom. The molecule has 11 heavy (non-hydrogen) atoms. The lowest BCUT2D eigenvalue weighted by Gasteiger charge is -2.21. The molecule has 1 aliphatic rings. The van der Waals surface area contributed by atoms with Crippen molar-refractivity contribution in [3.63, 3.8) is 0 Å². The number of nitrogens with one attached hydrogen (secondary N) is 1. The van der Waals surface area contributed by atoms with E-state index in [0.717, 1.165) is 25.8 Å². The lowest BCUT2D eigenvalue weighted by molar-refractivity contribution is -0.149. The van der Waals surface area contributed by atoms with Crippen LogP contribution in [0.2, 0.25) is 0 Å². The average molecular weight is 157 g/mol. The van der Waals surface area contributed by atoms with Gasteiger partial charge in [0.15, 0.2) is 0 Å². The minimum absolute atomic E-state index is 0.0382. The number of rotatable bonds is 3. The van der Waals surface area contributed by atoms with Gasteiger partial charge < -0.3 is 10.1 Å². The number of unbranched alkanes of at least 4 members (excludes halogenated alkanes) is 1. The van der Waals surface area contributed by atoms with Crippen molar-refractivity contribution in [2.24, 2.45) is 0 Å². The van der Waals surface area contributed by atoms with Gasteiger partial charge in [-0.05, 0) is 6.42 Å². The molecule has 0 bridgehead atoms. The first-order valence-electron chi connectivity index (χ1n) is 4.24. The SMILES string of the molecule is CCCC[C@H]1NCCOC1=O.